The van der Waals surface area contributed by atoms with Crippen molar-refractivity contribution in [1.29, 1.82) is 0 Å². The number of rotatable bonds is 2. The number of allylic oxidation sites excluding steroid dienone is 2. The number of hydrogen-bond acceptors (Lipinski definition) is 2. The molecule has 3 aliphatic rings. The predicted octanol–water partition coefficient (Wildman–Crippen LogP) is 8.96. The van der Waals surface area contributed by atoms with E-state index >= 15 is 0 Å². The maximum Gasteiger partial charge on any atom is 0.0551 e. The van der Waals surface area contributed by atoms with Gasteiger partial charge in [0.2, 0.25) is 0 Å². The standard InChI is InChI=1S/C34H24N2/c1-2-10-25(11-3-1)36-32-19-17-24(21-29(32)27-13-6-8-22-9-7-15-33(36)34(22)27)23-16-18-31-28(20-23)26-12-4-5-14-30(26)35-31/h1-21,26,30,35H. The molecule has 0 fully saturated rings. The molecule has 2 nitrogen and oxygen atoms in total. The fourth-order valence-electron chi connectivity index (χ4n) is 6.21. The molecule has 0 saturated carbocycles. The summed E-state index contributed by atoms with van der Waals surface area (Å²) in [5.74, 6) is 0.400. The monoisotopic (exact) mass is 460 g/mol. The van der Waals surface area contributed by atoms with Gasteiger partial charge in [0.05, 0.1) is 17.4 Å². The van der Waals surface area contributed by atoms with Crippen LogP contribution in [0.2, 0.25) is 0 Å². The second-order valence-electron chi connectivity index (χ2n) is 9.85. The van der Waals surface area contributed by atoms with Crippen LogP contribution in [-0.2, 0) is 0 Å². The average Bonchev–Trinajstić information content (AvgIpc) is 3.32. The van der Waals surface area contributed by atoms with Crippen molar-refractivity contribution >= 4 is 33.5 Å². The molecule has 36 heavy (non-hydrogen) atoms. The molecule has 2 atom stereocenters. The van der Waals surface area contributed by atoms with Crippen LogP contribution in [0.25, 0.3) is 33.0 Å². The molecule has 0 radical (unpaired) electrons. The van der Waals surface area contributed by atoms with Crippen molar-refractivity contribution in [3.8, 4) is 22.3 Å². The van der Waals surface area contributed by atoms with Crippen LogP contribution in [0.5, 0.6) is 0 Å². The molecule has 0 spiro atoms. The molecular weight excluding hydrogens is 436 g/mol. The highest BCUT2D eigenvalue weighted by molar-refractivity contribution is 6.14. The average molecular weight is 461 g/mol. The van der Waals surface area contributed by atoms with Gasteiger partial charge in [-0.25, -0.2) is 0 Å². The van der Waals surface area contributed by atoms with Gasteiger partial charge in [-0.3, -0.25) is 0 Å². The van der Waals surface area contributed by atoms with Gasteiger partial charge in [-0.1, -0.05) is 85.0 Å². The van der Waals surface area contributed by atoms with E-state index in [2.05, 4.69) is 138 Å². The number of anilines is 4. The minimum absolute atomic E-state index is 0.359. The molecule has 2 unspecified atom stereocenters. The van der Waals surface area contributed by atoms with Crippen molar-refractivity contribution in [2.45, 2.75) is 12.0 Å². The molecule has 8 rings (SSSR count). The fraction of sp³-hybridized carbons (Fsp3) is 0.0588. The molecule has 1 aliphatic carbocycles. The van der Waals surface area contributed by atoms with Gasteiger partial charge in [0.25, 0.3) is 0 Å². The lowest BCUT2D eigenvalue weighted by Gasteiger charge is -2.33. The number of hydrogen-bond donors (Lipinski definition) is 1. The fourth-order valence-corrected chi connectivity index (χ4v) is 6.21. The first-order valence-corrected chi connectivity index (χ1v) is 12.6. The lowest BCUT2D eigenvalue weighted by molar-refractivity contribution is 0.805. The second kappa shape index (κ2) is 7.47. The summed E-state index contributed by atoms with van der Waals surface area (Å²) in [6.45, 7) is 0. The van der Waals surface area contributed by atoms with E-state index in [1.165, 1.54) is 61.3 Å². The summed E-state index contributed by atoms with van der Waals surface area (Å²) >= 11 is 0. The zero-order chi connectivity index (χ0) is 23.6. The highest BCUT2D eigenvalue weighted by Crippen LogP contribution is 2.51. The van der Waals surface area contributed by atoms with Gasteiger partial charge in [-0.05, 0) is 70.1 Å². The Labute approximate surface area is 210 Å². The molecule has 0 saturated heterocycles. The second-order valence-corrected chi connectivity index (χ2v) is 9.85. The van der Waals surface area contributed by atoms with Crippen LogP contribution in [0.3, 0.4) is 0 Å². The summed E-state index contributed by atoms with van der Waals surface area (Å²) in [5.41, 5.74) is 11.4. The number of nitrogens with zero attached hydrogens (tertiary/aromatic N) is 1. The summed E-state index contributed by atoms with van der Waals surface area (Å²) in [6.07, 6.45) is 8.89. The van der Waals surface area contributed by atoms with Crippen molar-refractivity contribution in [3.63, 3.8) is 0 Å². The van der Waals surface area contributed by atoms with E-state index in [-0.39, 0.29) is 0 Å². The molecular formula is C34H24N2. The molecule has 0 bridgehead atoms. The topological polar surface area (TPSA) is 15.3 Å². The number of fused-ring (bicyclic) bond motifs is 5. The summed E-state index contributed by atoms with van der Waals surface area (Å²) in [5, 5.41) is 6.25. The molecule has 5 aromatic carbocycles. The van der Waals surface area contributed by atoms with Crippen molar-refractivity contribution < 1.29 is 0 Å². The summed E-state index contributed by atoms with van der Waals surface area (Å²) in [6, 6.07) is 38.2. The Hall–Kier alpha value is -4.56. The van der Waals surface area contributed by atoms with Crippen molar-refractivity contribution in [2.75, 3.05) is 10.2 Å². The van der Waals surface area contributed by atoms with Crippen LogP contribution in [-0.4, -0.2) is 6.04 Å². The first kappa shape index (κ1) is 19.7. The number of benzene rings is 5. The third-order valence-corrected chi connectivity index (χ3v) is 7.87. The van der Waals surface area contributed by atoms with Crippen LogP contribution in [0, 0.1) is 0 Å². The van der Waals surface area contributed by atoms with Gasteiger partial charge < -0.3 is 10.2 Å². The first-order valence-electron chi connectivity index (χ1n) is 12.6. The van der Waals surface area contributed by atoms with Crippen molar-refractivity contribution in [2.24, 2.45) is 0 Å². The van der Waals surface area contributed by atoms with E-state index in [1.54, 1.807) is 0 Å². The highest BCUT2D eigenvalue weighted by atomic mass is 15.2. The third kappa shape index (κ3) is 2.79. The highest BCUT2D eigenvalue weighted by Gasteiger charge is 2.30. The Morgan fingerprint density at radius 3 is 2.33 bits per heavy atom. The first-order chi connectivity index (χ1) is 17.8. The van der Waals surface area contributed by atoms with E-state index in [0.29, 0.717) is 12.0 Å². The largest absolute Gasteiger partial charge is 0.378 e. The van der Waals surface area contributed by atoms with Gasteiger partial charge in [0, 0.05) is 28.2 Å². The van der Waals surface area contributed by atoms with Gasteiger partial charge in [0.1, 0.15) is 0 Å². The summed E-state index contributed by atoms with van der Waals surface area (Å²) in [4.78, 5) is 2.41. The maximum absolute atomic E-state index is 3.67. The zero-order valence-corrected chi connectivity index (χ0v) is 19.7. The molecule has 0 amide bonds. The lowest BCUT2D eigenvalue weighted by atomic mass is 9.87. The Kier molecular flexibility index (Phi) is 4.09. The Morgan fingerprint density at radius 2 is 1.42 bits per heavy atom. The molecule has 170 valence electrons. The predicted molar refractivity (Wildman–Crippen MR) is 151 cm³/mol. The Balaban J connectivity index is 1.33. The minimum atomic E-state index is 0.359. The van der Waals surface area contributed by atoms with Crippen LogP contribution in [0.1, 0.15) is 11.5 Å². The van der Waals surface area contributed by atoms with Crippen LogP contribution < -0.4 is 10.2 Å². The van der Waals surface area contributed by atoms with Gasteiger partial charge in [-0.15, -0.1) is 0 Å². The van der Waals surface area contributed by atoms with E-state index < -0.39 is 0 Å². The van der Waals surface area contributed by atoms with Crippen LogP contribution in [0.15, 0.2) is 127 Å². The molecule has 2 aliphatic heterocycles. The smallest absolute Gasteiger partial charge is 0.0551 e. The molecule has 2 heteroatoms. The molecule has 5 aromatic rings. The van der Waals surface area contributed by atoms with Crippen molar-refractivity contribution in [1.82, 2.24) is 0 Å². The SMILES string of the molecule is C1=CC2Nc3ccc(-c4ccc5c(c4)-c4cccc6cccc(c46)N5c4ccccc4)cc3C2C=C1. The summed E-state index contributed by atoms with van der Waals surface area (Å²) < 4.78 is 0. The van der Waals surface area contributed by atoms with E-state index in [1.807, 2.05) is 0 Å². The molecule has 2 heterocycles. The lowest BCUT2D eigenvalue weighted by Crippen LogP contribution is -2.17. The van der Waals surface area contributed by atoms with Crippen LogP contribution in [0.4, 0.5) is 22.7 Å². The third-order valence-electron chi connectivity index (χ3n) is 7.87. The number of nitrogens with one attached hydrogen (secondary N) is 1. The van der Waals surface area contributed by atoms with Gasteiger partial charge in [0.15, 0.2) is 0 Å². The van der Waals surface area contributed by atoms with E-state index in [0.717, 1.165) is 0 Å². The number of para-hydroxylation sites is 1. The molecule has 0 aromatic heterocycles. The quantitative estimate of drug-likeness (QED) is 0.277. The minimum Gasteiger partial charge on any atom is -0.378 e. The Morgan fingerprint density at radius 1 is 0.611 bits per heavy atom. The summed E-state index contributed by atoms with van der Waals surface area (Å²) in [7, 11) is 0. The Bertz CT molecular complexity index is 1720. The normalized spacial score (nSPS) is 18.5. The van der Waals surface area contributed by atoms with E-state index in [4.69, 9.17) is 0 Å². The van der Waals surface area contributed by atoms with Crippen molar-refractivity contribution in [3.05, 3.63) is 133 Å². The van der Waals surface area contributed by atoms with Gasteiger partial charge >= 0.3 is 0 Å². The van der Waals surface area contributed by atoms with Gasteiger partial charge in [-0.2, -0.15) is 0 Å². The molecule has 1 N–H and O–H groups in total. The van der Waals surface area contributed by atoms with E-state index in [9.17, 15) is 0 Å². The maximum atomic E-state index is 3.67. The van der Waals surface area contributed by atoms with Crippen LogP contribution >= 0.6 is 0 Å². The zero-order valence-electron chi connectivity index (χ0n) is 19.7.